The minimum Gasteiger partial charge on any atom is -0.396 e. The molecule has 0 aromatic heterocycles. The lowest BCUT2D eigenvalue weighted by molar-refractivity contribution is -0.123. The van der Waals surface area contributed by atoms with Crippen molar-refractivity contribution in [2.45, 2.75) is 91.1 Å². The molecule has 4 heteroatoms. The second-order valence-corrected chi connectivity index (χ2v) is 8.09. The quantitative estimate of drug-likeness (QED) is 0.423. The van der Waals surface area contributed by atoms with Gasteiger partial charge in [-0.1, -0.05) is 40.0 Å². The molecule has 0 aromatic rings. The Hall–Kier alpha value is -0.450. The van der Waals surface area contributed by atoms with Crippen LogP contribution >= 0.6 is 0 Å². The molecule has 4 nitrogen and oxygen atoms in total. The van der Waals surface area contributed by atoms with Gasteiger partial charge in [-0.05, 0) is 50.9 Å². The minimum atomic E-state index is -0.625. The molecule has 144 valence electrons. The van der Waals surface area contributed by atoms with Crippen LogP contribution < -0.4 is 0 Å². The van der Waals surface area contributed by atoms with E-state index in [1.807, 2.05) is 20.8 Å². The standard InChI is InChI=1S/C20H40O4/c1-16(9-10-19(23)18(3)11-14-21)7-5-12-20(4,24)13-6-8-17(2)15-22/h16-18,21-22,24H,5-15H2,1-4H3/t16-,17+,18+,20+/m0/s1. The first-order chi connectivity index (χ1) is 11.2. The van der Waals surface area contributed by atoms with E-state index in [1.165, 1.54) is 0 Å². The normalized spacial score (nSPS) is 18.0. The molecule has 0 aliphatic heterocycles. The molecule has 0 fully saturated rings. The van der Waals surface area contributed by atoms with E-state index in [-0.39, 0.29) is 24.9 Å². The molecule has 0 rings (SSSR count). The molecule has 0 radical (unpaired) electrons. The van der Waals surface area contributed by atoms with E-state index in [0.717, 1.165) is 44.9 Å². The molecule has 0 aliphatic rings. The fourth-order valence-electron chi connectivity index (χ4n) is 3.01. The predicted octanol–water partition coefficient (Wildman–Crippen LogP) is 3.71. The van der Waals surface area contributed by atoms with Gasteiger partial charge in [-0.15, -0.1) is 0 Å². The Morgan fingerprint density at radius 1 is 0.917 bits per heavy atom. The average Bonchev–Trinajstić information content (AvgIpc) is 2.52. The van der Waals surface area contributed by atoms with Crippen molar-refractivity contribution in [3.05, 3.63) is 0 Å². The number of aliphatic hydroxyl groups is 3. The zero-order valence-electron chi connectivity index (χ0n) is 16.3. The number of carbonyl (C=O) groups is 1. The molecule has 0 aromatic carbocycles. The summed E-state index contributed by atoms with van der Waals surface area (Å²) in [6.07, 6.45) is 7.53. The molecule has 0 unspecified atom stereocenters. The van der Waals surface area contributed by atoms with E-state index in [1.54, 1.807) is 0 Å². The minimum absolute atomic E-state index is 0.0377. The smallest absolute Gasteiger partial charge is 0.135 e. The highest BCUT2D eigenvalue weighted by Crippen LogP contribution is 2.24. The molecule has 4 atom stereocenters. The Kier molecular flexibility index (Phi) is 12.6. The van der Waals surface area contributed by atoms with Crippen LogP contribution in [0, 0.1) is 17.8 Å². The third-order valence-electron chi connectivity index (χ3n) is 5.13. The van der Waals surface area contributed by atoms with Gasteiger partial charge >= 0.3 is 0 Å². The van der Waals surface area contributed by atoms with Crippen LogP contribution in [0.5, 0.6) is 0 Å². The predicted molar refractivity (Wildman–Crippen MR) is 98.8 cm³/mol. The number of Topliss-reactive ketones (excluding diaryl/α,β-unsaturated/α-hetero) is 1. The molecule has 0 bridgehead atoms. The summed E-state index contributed by atoms with van der Waals surface area (Å²) in [5.74, 6) is 1.01. The molecule has 0 heterocycles. The van der Waals surface area contributed by atoms with Crippen molar-refractivity contribution < 1.29 is 20.1 Å². The van der Waals surface area contributed by atoms with Crippen LogP contribution in [0.15, 0.2) is 0 Å². The fourth-order valence-corrected chi connectivity index (χ4v) is 3.01. The number of aliphatic hydroxyl groups excluding tert-OH is 2. The molecular formula is C20H40O4. The zero-order valence-corrected chi connectivity index (χ0v) is 16.3. The van der Waals surface area contributed by atoms with Gasteiger partial charge in [0.15, 0.2) is 0 Å². The first-order valence-electron chi connectivity index (χ1n) is 9.68. The second kappa shape index (κ2) is 12.8. The molecule has 0 aliphatic carbocycles. The van der Waals surface area contributed by atoms with Crippen molar-refractivity contribution in [3.8, 4) is 0 Å². The van der Waals surface area contributed by atoms with E-state index in [9.17, 15) is 9.90 Å². The van der Waals surface area contributed by atoms with Gasteiger partial charge < -0.3 is 15.3 Å². The number of hydrogen-bond donors (Lipinski definition) is 3. The van der Waals surface area contributed by atoms with Gasteiger partial charge in [-0.25, -0.2) is 0 Å². The van der Waals surface area contributed by atoms with Gasteiger partial charge in [-0.2, -0.15) is 0 Å². The lowest BCUT2D eigenvalue weighted by Gasteiger charge is -2.24. The summed E-state index contributed by atoms with van der Waals surface area (Å²) in [4.78, 5) is 11.9. The van der Waals surface area contributed by atoms with E-state index in [2.05, 4.69) is 6.92 Å². The Morgan fingerprint density at radius 2 is 1.46 bits per heavy atom. The maximum absolute atomic E-state index is 11.9. The SMILES string of the molecule is C[C@@H](CCC[C@@](C)(O)CCC[C@@H](C)CO)CCC(=O)[C@H](C)CCO. The van der Waals surface area contributed by atoms with Crippen molar-refractivity contribution in [3.63, 3.8) is 0 Å². The van der Waals surface area contributed by atoms with Gasteiger partial charge in [0, 0.05) is 25.6 Å². The molecule has 3 N–H and O–H groups in total. The average molecular weight is 345 g/mol. The van der Waals surface area contributed by atoms with E-state index in [0.29, 0.717) is 24.7 Å². The number of rotatable bonds is 15. The maximum atomic E-state index is 11.9. The Morgan fingerprint density at radius 3 is 1.96 bits per heavy atom. The van der Waals surface area contributed by atoms with Crippen LogP contribution in [-0.2, 0) is 4.79 Å². The van der Waals surface area contributed by atoms with Crippen LogP contribution in [0.2, 0.25) is 0 Å². The fraction of sp³-hybridized carbons (Fsp3) is 0.950. The zero-order chi connectivity index (χ0) is 18.6. The topological polar surface area (TPSA) is 77.8 Å². The van der Waals surface area contributed by atoms with Crippen LogP contribution in [0.3, 0.4) is 0 Å². The molecule has 24 heavy (non-hydrogen) atoms. The van der Waals surface area contributed by atoms with Gasteiger partial charge in [0.2, 0.25) is 0 Å². The van der Waals surface area contributed by atoms with Crippen molar-refractivity contribution in [1.29, 1.82) is 0 Å². The number of hydrogen-bond acceptors (Lipinski definition) is 4. The van der Waals surface area contributed by atoms with E-state index < -0.39 is 5.60 Å². The van der Waals surface area contributed by atoms with Crippen LogP contribution in [0.4, 0.5) is 0 Å². The second-order valence-electron chi connectivity index (χ2n) is 8.09. The highest BCUT2D eigenvalue weighted by molar-refractivity contribution is 5.80. The number of carbonyl (C=O) groups excluding carboxylic acids is 1. The van der Waals surface area contributed by atoms with Crippen molar-refractivity contribution in [2.24, 2.45) is 17.8 Å². The Bertz CT molecular complexity index is 328. The number of ketones is 1. The van der Waals surface area contributed by atoms with E-state index >= 15 is 0 Å². The maximum Gasteiger partial charge on any atom is 0.135 e. The van der Waals surface area contributed by atoms with Crippen LogP contribution in [-0.4, -0.2) is 39.9 Å². The lowest BCUT2D eigenvalue weighted by Crippen LogP contribution is -2.24. The molecule has 0 saturated carbocycles. The van der Waals surface area contributed by atoms with Gasteiger partial charge in [0.25, 0.3) is 0 Å². The largest absolute Gasteiger partial charge is 0.396 e. The summed E-state index contributed by atoms with van der Waals surface area (Å²) in [5.41, 5.74) is -0.625. The molecule has 0 spiro atoms. The van der Waals surface area contributed by atoms with Crippen LogP contribution in [0.25, 0.3) is 0 Å². The highest BCUT2D eigenvalue weighted by atomic mass is 16.3. The van der Waals surface area contributed by atoms with Gasteiger partial charge in [-0.3, -0.25) is 4.79 Å². The van der Waals surface area contributed by atoms with Crippen molar-refractivity contribution in [1.82, 2.24) is 0 Å². The molecule has 0 saturated heterocycles. The molecular weight excluding hydrogens is 304 g/mol. The summed E-state index contributed by atoms with van der Waals surface area (Å²) < 4.78 is 0. The Balaban J connectivity index is 3.85. The third kappa shape index (κ3) is 12.0. The third-order valence-corrected chi connectivity index (χ3v) is 5.13. The monoisotopic (exact) mass is 344 g/mol. The lowest BCUT2D eigenvalue weighted by atomic mass is 9.88. The summed E-state index contributed by atoms with van der Waals surface area (Å²) in [7, 11) is 0. The van der Waals surface area contributed by atoms with Crippen molar-refractivity contribution >= 4 is 5.78 Å². The van der Waals surface area contributed by atoms with E-state index in [4.69, 9.17) is 10.2 Å². The summed E-state index contributed by atoms with van der Waals surface area (Å²) >= 11 is 0. The first kappa shape index (κ1) is 23.5. The van der Waals surface area contributed by atoms with Gasteiger partial charge in [0.05, 0.1) is 5.60 Å². The Labute approximate surface area is 148 Å². The summed E-state index contributed by atoms with van der Waals surface area (Å²) in [5, 5.41) is 28.3. The summed E-state index contributed by atoms with van der Waals surface area (Å²) in [6.45, 7) is 8.28. The molecule has 0 amide bonds. The highest BCUT2D eigenvalue weighted by Gasteiger charge is 2.20. The van der Waals surface area contributed by atoms with Crippen molar-refractivity contribution in [2.75, 3.05) is 13.2 Å². The van der Waals surface area contributed by atoms with Crippen LogP contribution in [0.1, 0.15) is 85.5 Å². The van der Waals surface area contributed by atoms with Gasteiger partial charge in [0.1, 0.15) is 5.78 Å². The first-order valence-corrected chi connectivity index (χ1v) is 9.68. The summed E-state index contributed by atoms with van der Waals surface area (Å²) in [6, 6.07) is 0.